The molecule has 0 spiro atoms. The lowest BCUT2D eigenvalue weighted by molar-refractivity contribution is 0.477. The number of nitrogens with zero attached hydrogens (tertiary/aromatic N) is 6. The van der Waals surface area contributed by atoms with E-state index in [1.807, 2.05) is 42.1 Å². The Morgan fingerprint density at radius 2 is 0.755 bits per heavy atom. The first-order valence-corrected chi connectivity index (χ1v) is 41.9. The van der Waals surface area contributed by atoms with Crippen LogP contribution in [-0.2, 0) is 5.41 Å². The molecule has 0 fully saturated rings. The van der Waals surface area contributed by atoms with Crippen LogP contribution < -0.4 is 39.6 Å². The highest BCUT2D eigenvalue weighted by atomic mass is 32.2. The summed E-state index contributed by atoms with van der Waals surface area (Å²) in [7, 11) is -1.67. The van der Waals surface area contributed by atoms with Gasteiger partial charge in [-0.15, -0.1) is 0 Å². The molecule has 2 atom stereocenters. The van der Waals surface area contributed by atoms with Crippen LogP contribution in [0.1, 0.15) is 64.5 Å². The highest BCUT2D eigenvalue weighted by Gasteiger charge is 2.40. The molecule has 1 aliphatic carbocycles. The zero-order valence-corrected chi connectivity index (χ0v) is 65.7. The number of aryl methyl sites for hydroxylation is 5. The van der Waals surface area contributed by atoms with Crippen molar-refractivity contribution in [3.63, 3.8) is 0 Å². The minimum absolute atomic E-state index is 0.00487. The van der Waals surface area contributed by atoms with E-state index in [9.17, 15) is 0 Å². The monoisotopic (exact) mass is 1460 g/mol. The number of hydrogen-bond acceptors (Lipinski definition) is 8. The van der Waals surface area contributed by atoms with Crippen molar-refractivity contribution in [1.82, 2.24) is 0 Å². The van der Waals surface area contributed by atoms with Gasteiger partial charge in [0.2, 0.25) is 0 Å². The van der Waals surface area contributed by atoms with Crippen molar-refractivity contribution in [2.45, 2.75) is 89.0 Å². The minimum Gasteiger partial charge on any atom is -0.453 e. The standard InChI is InChI=1S/C22H21N.C21H21NSi.C20H18N2.C19H15NO.C19H15NS/c1-16-13-14-19-21(15-16)23(17-9-5-4-6-10-17)20-12-8-7-11-18(20)22(19,2)3;1-16-13-14-21-19(15-16)22(17-9-5-4-6-10-17)18-11-7-8-12-20(18)23(21,2)3;1-15-11-13-16(14-12-15)20-21-18-9-5-6-10-19(18)22(20)17-7-3-2-4-8-17;2*1-14-11-12-19-17(13-14)20(15-7-3-2-4-8-15)16-9-5-6-10-18(16)21-19/h2*4-15H,1-3H3;2-14,19-20H,1H3;2*2-13H,1H3. The Kier molecular flexibility index (Phi) is 20.3. The van der Waals surface area contributed by atoms with E-state index in [1.54, 1.807) is 0 Å². The molecule has 5 heterocycles. The first-order valence-electron chi connectivity index (χ1n) is 38.1. The number of aliphatic imine (C=N–C) groups is 1. The van der Waals surface area contributed by atoms with E-state index >= 15 is 0 Å². The van der Waals surface area contributed by atoms with Gasteiger partial charge < -0.3 is 29.2 Å². The van der Waals surface area contributed by atoms with E-state index in [4.69, 9.17) is 9.73 Å². The zero-order chi connectivity index (χ0) is 75.5. The first-order chi connectivity index (χ1) is 53.7. The van der Waals surface area contributed by atoms with Gasteiger partial charge in [0.15, 0.2) is 11.5 Å². The lowest BCUT2D eigenvalue weighted by Gasteiger charge is -2.42. The van der Waals surface area contributed by atoms with E-state index in [0.29, 0.717) is 0 Å². The topological polar surface area (TPSA) is 37.8 Å². The third kappa shape index (κ3) is 14.3. The molecule has 0 radical (unpaired) electrons. The van der Waals surface area contributed by atoms with Gasteiger partial charge in [-0.1, -0.05) is 275 Å². The second-order valence-corrected chi connectivity index (χ2v) is 35.3. The highest BCUT2D eigenvalue weighted by molar-refractivity contribution is 7.99. The molecule has 0 amide bonds. The molecule has 6 aliphatic rings. The molecular formula is C101H90N6OSSi. The maximum Gasteiger partial charge on any atom is 0.151 e. The minimum atomic E-state index is -1.67. The molecule has 2 unspecified atom stereocenters. The van der Waals surface area contributed by atoms with Crippen molar-refractivity contribution in [2.24, 2.45) is 4.99 Å². The van der Waals surface area contributed by atoms with Crippen LogP contribution in [0.3, 0.4) is 0 Å². The van der Waals surface area contributed by atoms with Crippen LogP contribution in [0, 0.1) is 34.6 Å². The Morgan fingerprint density at radius 1 is 0.336 bits per heavy atom. The summed E-state index contributed by atoms with van der Waals surface area (Å²) in [5, 5.41) is 3.03. The third-order valence-corrected chi connectivity index (χ3v) is 26.1. The van der Waals surface area contributed by atoms with Crippen molar-refractivity contribution >= 4 is 110 Å². The summed E-state index contributed by atoms with van der Waals surface area (Å²) in [6, 6.07) is 123. The summed E-state index contributed by atoms with van der Waals surface area (Å²) in [5.41, 5.74) is 27.5. The van der Waals surface area contributed by atoms with Crippen molar-refractivity contribution < 1.29 is 4.74 Å². The van der Waals surface area contributed by atoms with Gasteiger partial charge in [0.25, 0.3) is 0 Å². The van der Waals surface area contributed by atoms with Gasteiger partial charge in [-0.05, 0) is 223 Å². The second kappa shape index (κ2) is 31.1. The fourth-order valence-electron chi connectivity index (χ4n) is 15.9. The molecule has 5 aliphatic heterocycles. The number of benzene rings is 14. The maximum absolute atomic E-state index is 6.04. The number of fused-ring (bicyclic) bond motifs is 9. The molecule has 20 rings (SSSR count). The Hall–Kier alpha value is -12.4. The summed E-state index contributed by atoms with van der Waals surface area (Å²) in [4.78, 5) is 19.4. The normalized spacial score (nSPS) is 15.6. The van der Waals surface area contributed by atoms with Crippen LogP contribution in [0.5, 0.6) is 11.5 Å². The van der Waals surface area contributed by atoms with E-state index in [2.05, 4.69) is 426 Å². The van der Waals surface area contributed by atoms with Crippen LogP contribution in [0.15, 0.2) is 385 Å². The number of ether oxygens (including phenoxy) is 1. The molecule has 14 aromatic carbocycles. The van der Waals surface area contributed by atoms with Crippen molar-refractivity contribution in [3.8, 4) is 11.5 Å². The molecule has 0 saturated carbocycles. The van der Waals surface area contributed by atoms with Crippen molar-refractivity contribution in [3.05, 3.63) is 415 Å². The fraction of sp³-hybridized carbons (Fsp3) is 0.119. The molecule has 14 aromatic rings. The van der Waals surface area contributed by atoms with Gasteiger partial charge >= 0.3 is 0 Å². The zero-order valence-electron chi connectivity index (χ0n) is 63.9. The van der Waals surface area contributed by atoms with Gasteiger partial charge in [-0.25, -0.2) is 0 Å². The molecule has 110 heavy (non-hydrogen) atoms. The summed E-state index contributed by atoms with van der Waals surface area (Å²) < 4.78 is 6.04. The predicted molar refractivity (Wildman–Crippen MR) is 469 cm³/mol. The molecule has 7 nitrogen and oxygen atoms in total. The van der Waals surface area contributed by atoms with E-state index in [0.717, 1.165) is 34.3 Å². The van der Waals surface area contributed by atoms with Crippen LogP contribution >= 0.6 is 11.8 Å². The summed E-state index contributed by atoms with van der Waals surface area (Å²) in [6.45, 7) is 20.3. The van der Waals surface area contributed by atoms with E-state index in [-0.39, 0.29) is 17.6 Å². The van der Waals surface area contributed by atoms with Crippen LogP contribution in [0.25, 0.3) is 0 Å². The molecule has 0 N–H and O–H groups in total. The van der Waals surface area contributed by atoms with Gasteiger partial charge in [0.1, 0.15) is 14.2 Å². The van der Waals surface area contributed by atoms with Crippen molar-refractivity contribution in [2.75, 3.05) is 24.5 Å². The number of allylic oxidation sites excluding steroid dienone is 2. The molecule has 9 heteroatoms. The SMILES string of the molecule is Cc1ccc(C2N=C3C=CC=CC3N2c2ccccc2)cc1.Cc1ccc2c(c1)N(c1ccccc1)c1ccccc1C2(C)C.Cc1ccc2c(c1)N(c1ccccc1)c1ccccc1O2.Cc1ccc2c(c1)N(c1ccccc1)c1ccccc1S2.Cc1ccc2c(c1)N(c1ccccc1)c1ccccc1[Si]2(C)C. The van der Waals surface area contributed by atoms with Gasteiger partial charge in [-0.2, -0.15) is 0 Å². The predicted octanol–water partition coefficient (Wildman–Crippen LogP) is 26.7. The lowest BCUT2D eigenvalue weighted by Crippen LogP contribution is -2.58. The molecule has 540 valence electrons. The van der Waals surface area contributed by atoms with Gasteiger partial charge in [-0.3, -0.25) is 4.99 Å². The van der Waals surface area contributed by atoms with Gasteiger partial charge in [0.05, 0.1) is 45.9 Å². The highest BCUT2D eigenvalue weighted by Crippen LogP contribution is 2.55. The summed E-state index contributed by atoms with van der Waals surface area (Å²) >= 11 is 1.85. The third-order valence-electron chi connectivity index (χ3n) is 21.4. The van der Waals surface area contributed by atoms with Crippen molar-refractivity contribution in [1.29, 1.82) is 0 Å². The van der Waals surface area contributed by atoms with E-state index in [1.165, 1.54) is 122 Å². The molecule has 0 saturated heterocycles. The quantitative estimate of drug-likeness (QED) is 0.154. The molecule has 0 bridgehead atoms. The second-order valence-electron chi connectivity index (χ2n) is 29.9. The average molecular weight is 1460 g/mol. The Balaban J connectivity index is 0.000000104. The fourth-order valence-corrected chi connectivity index (χ4v) is 19.9. The van der Waals surface area contributed by atoms with Crippen LogP contribution in [0.4, 0.5) is 73.9 Å². The Labute approximate surface area is 654 Å². The summed E-state index contributed by atoms with van der Waals surface area (Å²) in [5.74, 6) is 1.78. The molecular weight excluding hydrogens is 1370 g/mol. The summed E-state index contributed by atoms with van der Waals surface area (Å²) in [6.07, 6.45) is 8.55. The first kappa shape index (κ1) is 71.8. The van der Waals surface area contributed by atoms with Crippen LogP contribution in [-0.4, -0.2) is 19.8 Å². The smallest absolute Gasteiger partial charge is 0.151 e. The Bertz CT molecular complexity index is 5440. The maximum atomic E-state index is 6.04. The Morgan fingerprint density at radius 3 is 1.38 bits per heavy atom. The average Bonchev–Trinajstić information content (AvgIpc) is 1.02. The van der Waals surface area contributed by atoms with Gasteiger partial charge in [0, 0.05) is 55.0 Å². The van der Waals surface area contributed by atoms with E-state index < -0.39 is 8.07 Å². The molecule has 0 aromatic heterocycles. The van der Waals surface area contributed by atoms with Crippen LogP contribution in [0.2, 0.25) is 13.1 Å². The number of para-hydroxylation sites is 10. The lowest BCUT2D eigenvalue weighted by atomic mass is 9.73. The largest absolute Gasteiger partial charge is 0.453 e. The number of rotatable bonds is 6. The number of hydrogen-bond donors (Lipinski definition) is 0. The number of anilines is 13.